The monoisotopic (exact) mass is 384 g/mol. The smallest absolute Gasteiger partial charge is 0.254 e. The molecule has 1 aromatic heterocycles. The third-order valence-corrected chi connectivity index (χ3v) is 5.68. The summed E-state index contributed by atoms with van der Waals surface area (Å²) in [4.78, 5) is 17.6. The maximum atomic E-state index is 13.1. The van der Waals surface area contributed by atoms with Gasteiger partial charge in [0.15, 0.2) is 0 Å². The summed E-state index contributed by atoms with van der Waals surface area (Å²) in [6, 6.07) is 10.3. The number of fused-ring (bicyclic) bond motifs is 1. The molecule has 1 aromatic carbocycles. The Morgan fingerprint density at radius 2 is 1.93 bits per heavy atom. The van der Waals surface area contributed by atoms with Gasteiger partial charge in [-0.2, -0.15) is 0 Å². The fourth-order valence-electron chi connectivity index (χ4n) is 4.24. The first-order chi connectivity index (χ1) is 12.9. The molecule has 0 fully saturated rings. The van der Waals surface area contributed by atoms with Crippen LogP contribution in [0.4, 0.5) is 0 Å². The van der Waals surface area contributed by atoms with Crippen LogP contribution in [0.5, 0.6) is 0 Å². The molecule has 1 aliphatic rings. The van der Waals surface area contributed by atoms with Crippen molar-refractivity contribution < 1.29 is 4.79 Å². The molecule has 2 aromatic rings. The Kier molecular flexibility index (Phi) is 6.21. The highest BCUT2D eigenvalue weighted by atomic mass is 35.5. The van der Waals surface area contributed by atoms with Crippen molar-refractivity contribution in [3.63, 3.8) is 0 Å². The van der Waals surface area contributed by atoms with Gasteiger partial charge in [0.25, 0.3) is 5.91 Å². The van der Waals surface area contributed by atoms with Crippen LogP contribution in [0.1, 0.15) is 67.2 Å². The van der Waals surface area contributed by atoms with Crippen LogP contribution in [0, 0.1) is 5.92 Å². The number of aryl methyl sites for hydroxylation is 1. The molecule has 1 atom stereocenters. The van der Waals surface area contributed by atoms with Gasteiger partial charge in [-0.1, -0.05) is 55.8 Å². The van der Waals surface area contributed by atoms with Gasteiger partial charge in [-0.05, 0) is 62.5 Å². The summed E-state index contributed by atoms with van der Waals surface area (Å²) >= 11 is 6.62. The molecular formula is C23H29ClN2O. The largest absolute Gasteiger partial charge is 0.346 e. The van der Waals surface area contributed by atoms with Gasteiger partial charge in [0, 0.05) is 17.4 Å². The molecular weight excluding hydrogens is 356 g/mol. The number of hydrogen-bond acceptors (Lipinski definition) is 2. The molecule has 0 bridgehead atoms. The Morgan fingerprint density at radius 1 is 1.22 bits per heavy atom. The number of nitrogens with one attached hydrogen (secondary N) is 1. The number of carbonyl (C=O) groups excluding carboxylic acids is 1. The van der Waals surface area contributed by atoms with E-state index in [2.05, 4.69) is 43.2 Å². The van der Waals surface area contributed by atoms with Gasteiger partial charge >= 0.3 is 0 Å². The second-order valence-electron chi connectivity index (χ2n) is 8.39. The first kappa shape index (κ1) is 19.9. The van der Waals surface area contributed by atoms with Crippen molar-refractivity contribution in [2.45, 2.75) is 64.8 Å². The zero-order chi connectivity index (χ0) is 19.4. The molecule has 1 aliphatic carbocycles. The fraction of sp³-hybridized carbons (Fsp3) is 0.478. The van der Waals surface area contributed by atoms with Gasteiger partial charge in [0.2, 0.25) is 0 Å². The summed E-state index contributed by atoms with van der Waals surface area (Å²) in [6.07, 6.45) is 7.45. The molecule has 0 saturated carbocycles. The molecule has 144 valence electrons. The van der Waals surface area contributed by atoms with Crippen molar-refractivity contribution >= 4 is 17.5 Å². The van der Waals surface area contributed by atoms with Crippen molar-refractivity contribution in [2.24, 2.45) is 5.92 Å². The van der Waals surface area contributed by atoms with Crippen molar-refractivity contribution in [1.82, 2.24) is 10.3 Å². The predicted octanol–water partition coefficient (Wildman–Crippen LogP) is 5.39. The number of pyridine rings is 1. The number of rotatable bonds is 6. The van der Waals surface area contributed by atoms with Crippen LogP contribution in [-0.2, 0) is 19.3 Å². The van der Waals surface area contributed by atoms with Gasteiger partial charge < -0.3 is 5.32 Å². The summed E-state index contributed by atoms with van der Waals surface area (Å²) < 4.78 is 0. The predicted molar refractivity (Wildman–Crippen MR) is 111 cm³/mol. The van der Waals surface area contributed by atoms with Gasteiger partial charge in [-0.3, -0.25) is 9.78 Å². The van der Waals surface area contributed by atoms with Crippen molar-refractivity contribution in [3.8, 4) is 0 Å². The van der Waals surface area contributed by atoms with E-state index in [0.717, 1.165) is 49.8 Å². The van der Waals surface area contributed by atoms with Crippen molar-refractivity contribution in [3.05, 3.63) is 63.9 Å². The average molecular weight is 385 g/mol. The van der Waals surface area contributed by atoms with Gasteiger partial charge in [-0.25, -0.2) is 0 Å². The molecule has 1 N–H and O–H groups in total. The molecule has 27 heavy (non-hydrogen) atoms. The standard InChI is InChI=1S/C23H29ClN2O/c1-16(2)13-23(3,14-17-9-5-4-6-10-17)26-22(27)19-15-25-20-12-8-7-11-18(20)21(19)24/h4-6,9-10,15-16H,7-8,11-14H2,1-3H3,(H,26,27). The van der Waals surface area contributed by atoms with E-state index in [9.17, 15) is 4.79 Å². The zero-order valence-corrected chi connectivity index (χ0v) is 17.3. The Labute approximate surface area is 167 Å². The number of amides is 1. The Balaban J connectivity index is 1.84. The Morgan fingerprint density at radius 3 is 2.63 bits per heavy atom. The molecule has 0 radical (unpaired) electrons. The van der Waals surface area contributed by atoms with Crippen LogP contribution in [0.25, 0.3) is 0 Å². The van der Waals surface area contributed by atoms with E-state index in [-0.39, 0.29) is 11.4 Å². The minimum Gasteiger partial charge on any atom is -0.346 e. The number of hydrogen-bond donors (Lipinski definition) is 1. The maximum absolute atomic E-state index is 13.1. The summed E-state index contributed by atoms with van der Waals surface area (Å²) in [7, 11) is 0. The number of aromatic nitrogens is 1. The van der Waals surface area contributed by atoms with E-state index in [4.69, 9.17) is 11.6 Å². The van der Waals surface area contributed by atoms with E-state index in [1.165, 1.54) is 5.56 Å². The first-order valence-electron chi connectivity index (χ1n) is 9.90. The van der Waals surface area contributed by atoms with Crippen molar-refractivity contribution in [2.75, 3.05) is 0 Å². The SMILES string of the molecule is CC(C)CC(C)(Cc1ccccc1)NC(=O)c1cnc2c(c1Cl)CCCC2. The van der Waals surface area contributed by atoms with Gasteiger partial charge in [0.05, 0.1) is 10.6 Å². The number of carbonyl (C=O) groups is 1. The van der Waals surface area contributed by atoms with E-state index in [1.54, 1.807) is 6.20 Å². The topological polar surface area (TPSA) is 42.0 Å². The normalized spacial score (nSPS) is 15.9. The minimum absolute atomic E-state index is 0.125. The summed E-state index contributed by atoms with van der Waals surface area (Å²) in [6.45, 7) is 6.49. The third kappa shape index (κ3) is 4.90. The second-order valence-corrected chi connectivity index (χ2v) is 8.77. The Hall–Kier alpha value is -1.87. The number of benzene rings is 1. The molecule has 0 spiro atoms. The highest BCUT2D eigenvalue weighted by Crippen LogP contribution is 2.30. The highest BCUT2D eigenvalue weighted by molar-refractivity contribution is 6.34. The highest BCUT2D eigenvalue weighted by Gasteiger charge is 2.30. The lowest BCUT2D eigenvalue weighted by Crippen LogP contribution is -2.48. The molecule has 3 rings (SSSR count). The van der Waals surface area contributed by atoms with E-state index in [0.29, 0.717) is 16.5 Å². The minimum atomic E-state index is -0.341. The summed E-state index contributed by atoms with van der Waals surface area (Å²) in [5.41, 5.74) is 3.49. The summed E-state index contributed by atoms with van der Waals surface area (Å²) in [5, 5.41) is 3.86. The molecule has 1 unspecified atom stereocenters. The van der Waals surface area contributed by atoms with Crippen LogP contribution < -0.4 is 5.32 Å². The lowest BCUT2D eigenvalue weighted by Gasteiger charge is -2.33. The number of nitrogens with zero attached hydrogens (tertiary/aromatic N) is 1. The van der Waals surface area contributed by atoms with Gasteiger partial charge in [-0.15, -0.1) is 0 Å². The lowest BCUT2D eigenvalue weighted by atomic mass is 9.84. The van der Waals surface area contributed by atoms with Crippen LogP contribution in [-0.4, -0.2) is 16.4 Å². The van der Waals surface area contributed by atoms with Crippen LogP contribution in [0.3, 0.4) is 0 Å². The van der Waals surface area contributed by atoms with Gasteiger partial charge in [0.1, 0.15) is 0 Å². The average Bonchev–Trinajstić information content (AvgIpc) is 2.62. The number of halogens is 1. The molecule has 0 saturated heterocycles. The van der Waals surface area contributed by atoms with E-state index in [1.807, 2.05) is 18.2 Å². The maximum Gasteiger partial charge on any atom is 0.254 e. The first-order valence-corrected chi connectivity index (χ1v) is 10.3. The molecule has 0 aliphatic heterocycles. The van der Waals surface area contributed by atoms with Crippen LogP contribution in [0.15, 0.2) is 36.5 Å². The molecule has 4 heteroatoms. The Bertz CT molecular complexity index is 804. The lowest BCUT2D eigenvalue weighted by molar-refractivity contribution is 0.0894. The van der Waals surface area contributed by atoms with Crippen LogP contribution >= 0.6 is 11.6 Å². The zero-order valence-electron chi connectivity index (χ0n) is 16.5. The summed E-state index contributed by atoms with van der Waals surface area (Å²) in [5.74, 6) is 0.344. The molecule has 3 nitrogen and oxygen atoms in total. The molecule has 1 amide bonds. The fourth-order valence-corrected chi connectivity index (χ4v) is 4.58. The van der Waals surface area contributed by atoms with E-state index >= 15 is 0 Å². The van der Waals surface area contributed by atoms with Crippen molar-refractivity contribution in [1.29, 1.82) is 0 Å². The second kappa shape index (κ2) is 8.43. The van der Waals surface area contributed by atoms with Crippen LogP contribution in [0.2, 0.25) is 5.02 Å². The quantitative estimate of drug-likeness (QED) is 0.725. The third-order valence-electron chi connectivity index (χ3n) is 5.25. The molecule has 1 heterocycles. The van der Waals surface area contributed by atoms with E-state index < -0.39 is 0 Å².